The fourth-order valence-corrected chi connectivity index (χ4v) is 7.78. The van der Waals surface area contributed by atoms with Crippen molar-refractivity contribution in [2.24, 2.45) is 0 Å². The van der Waals surface area contributed by atoms with Crippen molar-refractivity contribution < 1.29 is 28.6 Å². The van der Waals surface area contributed by atoms with E-state index >= 15 is 0 Å². The zero-order chi connectivity index (χ0) is 52.9. The van der Waals surface area contributed by atoms with Crippen LogP contribution in [0, 0.1) is 0 Å². The average Bonchev–Trinajstić information content (AvgIpc) is 3.39. The number of esters is 3. The van der Waals surface area contributed by atoms with Crippen molar-refractivity contribution in [1.29, 1.82) is 0 Å². The molecule has 1 atom stereocenters. The molecule has 1 unspecified atom stereocenters. The standard InChI is InChI=1S/C67H108O6/c1-4-7-10-13-15-17-19-21-23-25-27-29-31-32-33-34-36-37-39-41-43-45-47-49-51-54-57-60-66(69)72-63-64(62-71-65(68)59-56-53-12-9-6-3)73-67(70)61-58-55-52-50-48-46-44-42-40-38-35-30-28-26-24-22-20-18-16-14-11-8-5-2/h7-8,10-11,15-18,21-24,27-30,38,40,44,46,50,52,64H,4-6,9,12-14,19-20,25-26,31-37,39,41-43,45,47-49,51,53-63H2,1-3H3/b10-7-,11-8-,17-15-,18-16-,23-21-,24-22-,29-27-,30-28-,40-38-,46-44-,52-50-. The van der Waals surface area contributed by atoms with Gasteiger partial charge in [-0.15, -0.1) is 0 Å². The van der Waals surface area contributed by atoms with E-state index in [1.54, 1.807) is 0 Å². The Labute approximate surface area is 449 Å². The van der Waals surface area contributed by atoms with Crippen LogP contribution in [0.1, 0.15) is 252 Å². The first kappa shape index (κ1) is 68.6. The number of rotatable bonds is 52. The molecule has 0 aliphatic rings. The average molecular weight is 1010 g/mol. The highest BCUT2D eigenvalue weighted by Crippen LogP contribution is 2.15. The zero-order valence-electron chi connectivity index (χ0n) is 47.1. The summed E-state index contributed by atoms with van der Waals surface area (Å²) in [6.07, 6.45) is 85.0. The largest absolute Gasteiger partial charge is 0.462 e. The lowest BCUT2D eigenvalue weighted by Crippen LogP contribution is -2.30. The van der Waals surface area contributed by atoms with Crippen molar-refractivity contribution in [2.75, 3.05) is 13.2 Å². The maximum absolute atomic E-state index is 12.8. The quantitative estimate of drug-likeness (QED) is 0.0261. The molecule has 0 saturated heterocycles. The molecule has 0 fully saturated rings. The van der Waals surface area contributed by atoms with Crippen molar-refractivity contribution >= 4 is 17.9 Å². The Morgan fingerprint density at radius 1 is 0.288 bits per heavy atom. The summed E-state index contributed by atoms with van der Waals surface area (Å²) in [5, 5.41) is 0. The summed E-state index contributed by atoms with van der Waals surface area (Å²) >= 11 is 0. The monoisotopic (exact) mass is 1010 g/mol. The van der Waals surface area contributed by atoms with Gasteiger partial charge in [0.15, 0.2) is 6.10 Å². The molecule has 0 bridgehead atoms. The Hall–Kier alpha value is -4.45. The fraction of sp³-hybridized carbons (Fsp3) is 0.627. The van der Waals surface area contributed by atoms with E-state index in [9.17, 15) is 14.4 Å². The molecule has 412 valence electrons. The first-order valence-corrected chi connectivity index (χ1v) is 29.7. The van der Waals surface area contributed by atoms with Crippen molar-refractivity contribution in [3.05, 3.63) is 134 Å². The second-order valence-corrected chi connectivity index (χ2v) is 19.1. The number of ether oxygens (including phenoxy) is 3. The first-order valence-electron chi connectivity index (χ1n) is 29.7. The number of hydrogen-bond acceptors (Lipinski definition) is 6. The molecule has 0 amide bonds. The van der Waals surface area contributed by atoms with Gasteiger partial charge in [0.1, 0.15) is 13.2 Å². The molecule has 6 heteroatoms. The minimum atomic E-state index is -0.809. The van der Waals surface area contributed by atoms with Crippen LogP contribution in [0.4, 0.5) is 0 Å². The van der Waals surface area contributed by atoms with Crippen LogP contribution in [0.2, 0.25) is 0 Å². The molecular formula is C67H108O6. The second-order valence-electron chi connectivity index (χ2n) is 19.1. The molecule has 6 nitrogen and oxygen atoms in total. The van der Waals surface area contributed by atoms with Crippen LogP contribution in [0.25, 0.3) is 0 Å². The summed E-state index contributed by atoms with van der Waals surface area (Å²) in [7, 11) is 0. The predicted molar refractivity (Wildman–Crippen MR) is 316 cm³/mol. The number of carbonyl (C=O) groups excluding carboxylic acids is 3. The molecule has 0 aliphatic carbocycles. The molecule has 0 aromatic carbocycles. The van der Waals surface area contributed by atoms with Crippen LogP contribution in [-0.2, 0) is 28.6 Å². The van der Waals surface area contributed by atoms with E-state index in [0.717, 1.165) is 128 Å². The van der Waals surface area contributed by atoms with E-state index < -0.39 is 6.10 Å². The SMILES string of the molecule is CC/C=C\C/C=C\C/C=C\C/C=C\C/C=C\C/C=C\C/C=C\CCCC(=O)OC(COC(=O)CCCCCCC)COC(=O)CCCCCCCCCCCCCCCC/C=C\C/C=C\C/C=C\C/C=C\CC. The normalized spacial score (nSPS) is 13.1. The van der Waals surface area contributed by atoms with Gasteiger partial charge in [-0.2, -0.15) is 0 Å². The van der Waals surface area contributed by atoms with Gasteiger partial charge in [0, 0.05) is 19.3 Å². The molecule has 0 radical (unpaired) electrons. The molecule has 0 rings (SSSR count). The molecule has 0 aliphatic heterocycles. The van der Waals surface area contributed by atoms with E-state index in [1.807, 2.05) is 0 Å². The maximum atomic E-state index is 12.8. The van der Waals surface area contributed by atoms with Crippen molar-refractivity contribution in [3.8, 4) is 0 Å². The van der Waals surface area contributed by atoms with E-state index in [0.29, 0.717) is 19.3 Å². The Morgan fingerprint density at radius 2 is 0.548 bits per heavy atom. The number of hydrogen-bond donors (Lipinski definition) is 0. The van der Waals surface area contributed by atoms with Crippen LogP contribution >= 0.6 is 0 Å². The van der Waals surface area contributed by atoms with Crippen LogP contribution < -0.4 is 0 Å². The van der Waals surface area contributed by atoms with Crippen LogP contribution in [0.5, 0.6) is 0 Å². The molecule has 0 heterocycles. The van der Waals surface area contributed by atoms with Gasteiger partial charge >= 0.3 is 17.9 Å². The van der Waals surface area contributed by atoms with Crippen LogP contribution in [-0.4, -0.2) is 37.2 Å². The summed E-state index contributed by atoms with van der Waals surface area (Å²) in [5.41, 5.74) is 0. The smallest absolute Gasteiger partial charge is 0.306 e. The highest BCUT2D eigenvalue weighted by molar-refractivity contribution is 5.71. The molecule has 0 saturated carbocycles. The van der Waals surface area contributed by atoms with Gasteiger partial charge in [-0.05, 0) is 109 Å². The Bertz CT molecular complexity index is 1580. The lowest BCUT2D eigenvalue weighted by atomic mass is 10.0. The molecule has 0 N–H and O–H groups in total. The Morgan fingerprint density at radius 3 is 0.877 bits per heavy atom. The number of unbranched alkanes of at least 4 members (excludes halogenated alkanes) is 19. The molecule has 0 aromatic heterocycles. The van der Waals surface area contributed by atoms with E-state index in [1.165, 1.54) is 77.0 Å². The minimum absolute atomic E-state index is 0.104. The van der Waals surface area contributed by atoms with Gasteiger partial charge in [0.25, 0.3) is 0 Å². The van der Waals surface area contributed by atoms with Gasteiger partial charge < -0.3 is 14.2 Å². The summed E-state index contributed by atoms with van der Waals surface area (Å²) < 4.78 is 16.7. The Balaban J connectivity index is 4.17. The fourth-order valence-electron chi connectivity index (χ4n) is 7.78. The van der Waals surface area contributed by atoms with Crippen LogP contribution in [0.15, 0.2) is 134 Å². The highest BCUT2D eigenvalue weighted by Gasteiger charge is 2.19. The van der Waals surface area contributed by atoms with Crippen molar-refractivity contribution in [3.63, 3.8) is 0 Å². The summed E-state index contributed by atoms with van der Waals surface area (Å²) in [6, 6.07) is 0. The van der Waals surface area contributed by atoms with Crippen molar-refractivity contribution in [1.82, 2.24) is 0 Å². The van der Waals surface area contributed by atoms with Crippen molar-refractivity contribution in [2.45, 2.75) is 258 Å². The lowest BCUT2D eigenvalue weighted by molar-refractivity contribution is -0.167. The number of allylic oxidation sites excluding steroid dienone is 22. The third-order valence-electron chi connectivity index (χ3n) is 12.2. The van der Waals surface area contributed by atoms with E-state index in [4.69, 9.17) is 14.2 Å². The molecule has 73 heavy (non-hydrogen) atoms. The predicted octanol–water partition coefficient (Wildman–Crippen LogP) is 20.2. The van der Waals surface area contributed by atoms with Gasteiger partial charge in [0.2, 0.25) is 0 Å². The molecule has 0 spiro atoms. The summed E-state index contributed by atoms with van der Waals surface area (Å²) in [5.74, 6) is -0.982. The zero-order valence-corrected chi connectivity index (χ0v) is 47.1. The van der Waals surface area contributed by atoms with Gasteiger partial charge in [-0.3, -0.25) is 14.4 Å². The first-order chi connectivity index (χ1) is 36.0. The highest BCUT2D eigenvalue weighted by atomic mass is 16.6. The Kier molecular flexibility index (Phi) is 56.4. The second kappa shape index (κ2) is 60.1. The van der Waals surface area contributed by atoms with Gasteiger partial charge in [0.05, 0.1) is 0 Å². The third-order valence-corrected chi connectivity index (χ3v) is 12.2. The van der Waals surface area contributed by atoms with Crippen LogP contribution in [0.3, 0.4) is 0 Å². The van der Waals surface area contributed by atoms with Gasteiger partial charge in [-0.25, -0.2) is 0 Å². The third kappa shape index (κ3) is 58.3. The number of carbonyl (C=O) groups is 3. The molecular weight excluding hydrogens is 901 g/mol. The topological polar surface area (TPSA) is 78.9 Å². The molecule has 0 aromatic rings. The van der Waals surface area contributed by atoms with Gasteiger partial charge in [-0.1, -0.05) is 257 Å². The van der Waals surface area contributed by atoms with E-state index in [-0.39, 0.29) is 37.5 Å². The minimum Gasteiger partial charge on any atom is -0.462 e. The lowest BCUT2D eigenvalue weighted by Gasteiger charge is -2.18. The maximum Gasteiger partial charge on any atom is 0.306 e. The summed E-state index contributed by atoms with van der Waals surface area (Å²) in [4.78, 5) is 37.8. The summed E-state index contributed by atoms with van der Waals surface area (Å²) in [6.45, 7) is 6.28. The van der Waals surface area contributed by atoms with E-state index in [2.05, 4.69) is 154 Å².